The lowest BCUT2D eigenvalue weighted by atomic mass is 9.96. The Morgan fingerprint density at radius 1 is 0.846 bits per heavy atom. The number of benzene rings is 2. The Morgan fingerprint density at radius 2 is 1.50 bits per heavy atom. The van der Waals surface area contributed by atoms with E-state index in [4.69, 9.17) is 4.98 Å². The van der Waals surface area contributed by atoms with E-state index in [0.717, 1.165) is 12.1 Å². The van der Waals surface area contributed by atoms with Gasteiger partial charge in [-0.05, 0) is 46.3 Å². The number of pyridine rings is 1. The van der Waals surface area contributed by atoms with E-state index in [0.29, 0.717) is 5.92 Å². The highest BCUT2D eigenvalue weighted by Gasteiger charge is 2.23. The highest BCUT2D eigenvalue weighted by Crippen LogP contribution is 2.28. The van der Waals surface area contributed by atoms with Gasteiger partial charge < -0.3 is 0 Å². The van der Waals surface area contributed by atoms with E-state index in [1.807, 2.05) is 0 Å². The molecule has 0 bridgehead atoms. The van der Waals surface area contributed by atoms with Crippen LogP contribution in [-0.2, 0) is 0 Å². The topological polar surface area (TPSA) is 12.9 Å². The van der Waals surface area contributed by atoms with E-state index in [-0.39, 0.29) is 0 Å². The molecular weight excluding hydrogens is 330 g/mol. The summed E-state index contributed by atoms with van der Waals surface area (Å²) in [6.07, 6.45) is 3.31. The van der Waals surface area contributed by atoms with Crippen LogP contribution >= 0.6 is 0 Å². The van der Waals surface area contributed by atoms with Crippen molar-refractivity contribution in [3.05, 3.63) is 72.4 Å². The Kier molecular flexibility index (Phi) is 5.43. The molecule has 26 heavy (non-hydrogen) atoms. The van der Waals surface area contributed by atoms with Crippen LogP contribution in [0.4, 0.5) is 0 Å². The van der Waals surface area contributed by atoms with E-state index >= 15 is 0 Å². The van der Waals surface area contributed by atoms with Crippen molar-refractivity contribution in [3.8, 4) is 22.4 Å². The van der Waals surface area contributed by atoms with Crippen molar-refractivity contribution in [2.45, 2.75) is 45.8 Å². The summed E-state index contributed by atoms with van der Waals surface area (Å²) < 4.78 is 0. The van der Waals surface area contributed by atoms with Crippen molar-refractivity contribution < 1.29 is 0 Å². The van der Waals surface area contributed by atoms with Gasteiger partial charge in [-0.25, -0.2) is 0 Å². The normalized spacial score (nSPS) is 12.8. The predicted octanol–water partition coefficient (Wildman–Crippen LogP) is 6.47. The van der Waals surface area contributed by atoms with E-state index in [2.05, 4.69) is 100 Å². The minimum Gasteiger partial charge on any atom is -0.256 e. The van der Waals surface area contributed by atoms with Gasteiger partial charge in [0.2, 0.25) is 0 Å². The molecule has 2 heteroatoms. The molecule has 3 rings (SSSR count). The first kappa shape index (κ1) is 18.6. The van der Waals surface area contributed by atoms with Gasteiger partial charge in [0.1, 0.15) is 0 Å². The summed E-state index contributed by atoms with van der Waals surface area (Å²) in [4.78, 5) is 4.86. The number of hydrogen-bond donors (Lipinski definition) is 0. The smallest absolute Gasteiger partial charge is 0.0799 e. The van der Waals surface area contributed by atoms with Crippen molar-refractivity contribution in [1.82, 2.24) is 4.98 Å². The van der Waals surface area contributed by atoms with Crippen molar-refractivity contribution >= 4 is 13.3 Å². The van der Waals surface area contributed by atoms with Crippen LogP contribution in [0.1, 0.15) is 31.7 Å². The van der Waals surface area contributed by atoms with E-state index in [9.17, 15) is 0 Å². The predicted molar refractivity (Wildman–Crippen MR) is 117 cm³/mol. The molecule has 0 fully saturated rings. The summed E-state index contributed by atoms with van der Waals surface area (Å²) >= 11 is 0. The van der Waals surface area contributed by atoms with Crippen LogP contribution in [0.5, 0.6) is 0 Å². The fourth-order valence-electron chi connectivity index (χ4n) is 3.37. The zero-order valence-electron chi connectivity index (χ0n) is 16.6. The Labute approximate surface area is 159 Å². The van der Waals surface area contributed by atoms with Crippen LogP contribution in [0.25, 0.3) is 22.4 Å². The second kappa shape index (κ2) is 7.59. The van der Waals surface area contributed by atoms with E-state index < -0.39 is 8.07 Å². The molecule has 1 heterocycles. The maximum absolute atomic E-state index is 4.86. The molecule has 1 aromatic heterocycles. The van der Waals surface area contributed by atoms with Gasteiger partial charge in [0.15, 0.2) is 0 Å². The average molecular weight is 360 g/mol. The maximum atomic E-state index is 4.86. The Bertz CT molecular complexity index is 878. The van der Waals surface area contributed by atoms with Gasteiger partial charge in [-0.2, -0.15) is 0 Å². The summed E-state index contributed by atoms with van der Waals surface area (Å²) in [5.41, 5.74) is 6.25. The Balaban J connectivity index is 2.08. The lowest BCUT2D eigenvalue weighted by molar-refractivity contribution is 0.736. The molecule has 0 saturated heterocycles. The van der Waals surface area contributed by atoms with Crippen molar-refractivity contribution in [2.24, 2.45) is 0 Å². The zero-order chi connectivity index (χ0) is 18.7. The standard InChI is InChI=1S/C24H29NSi/c1-6-18(2)22-16-23(25-17-24(22)26(3,4)5)21-14-10-13-20(15-21)19-11-8-7-9-12-19/h7-18H,6H2,1-5H3. The van der Waals surface area contributed by atoms with Gasteiger partial charge in [-0.1, -0.05) is 82.0 Å². The molecule has 1 atom stereocenters. The third-order valence-electron chi connectivity index (χ3n) is 5.15. The summed E-state index contributed by atoms with van der Waals surface area (Å²) in [5, 5.41) is 1.50. The molecule has 0 aliphatic heterocycles. The Morgan fingerprint density at radius 3 is 2.15 bits per heavy atom. The van der Waals surface area contributed by atoms with Crippen LogP contribution < -0.4 is 5.19 Å². The molecule has 0 aliphatic carbocycles. The quantitative estimate of drug-likeness (QED) is 0.475. The molecule has 2 aromatic carbocycles. The average Bonchev–Trinajstić information content (AvgIpc) is 2.67. The molecule has 0 saturated carbocycles. The fraction of sp³-hybridized carbons (Fsp3) is 0.292. The first-order chi connectivity index (χ1) is 12.4. The number of aromatic nitrogens is 1. The molecule has 0 spiro atoms. The molecular formula is C24H29NSi. The third-order valence-corrected chi connectivity index (χ3v) is 7.19. The Hall–Kier alpha value is -2.19. The molecule has 0 N–H and O–H groups in total. The van der Waals surface area contributed by atoms with Gasteiger partial charge >= 0.3 is 0 Å². The highest BCUT2D eigenvalue weighted by molar-refractivity contribution is 6.89. The largest absolute Gasteiger partial charge is 0.256 e. The molecule has 0 amide bonds. The monoisotopic (exact) mass is 359 g/mol. The summed E-state index contributed by atoms with van der Waals surface area (Å²) in [5.74, 6) is 0.566. The van der Waals surface area contributed by atoms with Crippen LogP contribution in [0, 0.1) is 0 Å². The summed E-state index contributed by atoms with van der Waals surface area (Å²) in [6.45, 7) is 11.8. The van der Waals surface area contributed by atoms with E-state index in [1.54, 1.807) is 0 Å². The molecule has 0 radical (unpaired) electrons. The second-order valence-corrected chi connectivity index (χ2v) is 13.2. The molecule has 0 aliphatic rings. The summed E-state index contributed by atoms with van der Waals surface area (Å²) in [7, 11) is -1.41. The molecule has 3 aromatic rings. The van der Waals surface area contributed by atoms with Crippen LogP contribution in [0.3, 0.4) is 0 Å². The van der Waals surface area contributed by atoms with Crippen LogP contribution in [0.15, 0.2) is 66.9 Å². The number of nitrogens with zero attached hydrogens (tertiary/aromatic N) is 1. The van der Waals surface area contributed by atoms with Crippen molar-refractivity contribution in [2.75, 3.05) is 0 Å². The third kappa shape index (κ3) is 3.96. The van der Waals surface area contributed by atoms with Gasteiger partial charge in [0.05, 0.1) is 13.8 Å². The first-order valence-electron chi connectivity index (χ1n) is 9.56. The lowest BCUT2D eigenvalue weighted by Crippen LogP contribution is -2.41. The van der Waals surface area contributed by atoms with Gasteiger partial charge in [-0.15, -0.1) is 0 Å². The second-order valence-electron chi connectivity index (χ2n) is 8.16. The minimum absolute atomic E-state index is 0.566. The minimum atomic E-state index is -1.41. The van der Waals surface area contributed by atoms with Crippen molar-refractivity contribution in [3.63, 3.8) is 0 Å². The first-order valence-corrected chi connectivity index (χ1v) is 13.1. The lowest BCUT2D eigenvalue weighted by Gasteiger charge is -2.24. The van der Waals surface area contributed by atoms with E-state index in [1.165, 1.54) is 27.4 Å². The zero-order valence-corrected chi connectivity index (χ0v) is 17.6. The van der Waals surface area contributed by atoms with Crippen LogP contribution in [-0.4, -0.2) is 13.1 Å². The van der Waals surface area contributed by atoms with Gasteiger partial charge in [-0.3, -0.25) is 4.98 Å². The maximum Gasteiger partial charge on any atom is 0.0799 e. The van der Waals surface area contributed by atoms with Gasteiger partial charge in [0, 0.05) is 11.8 Å². The summed E-state index contributed by atoms with van der Waals surface area (Å²) in [6, 6.07) is 21.6. The molecule has 1 unspecified atom stereocenters. The van der Waals surface area contributed by atoms with Crippen molar-refractivity contribution in [1.29, 1.82) is 0 Å². The highest BCUT2D eigenvalue weighted by atomic mass is 28.3. The molecule has 1 nitrogen and oxygen atoms in total. The molecule has 134 valence electrons. The van der Waals surface area contributed by atoms with Gasteiger partial charge in [0.25, 0.3) is 0 Å². The van der Waals surface area contributed by atoms with Crippen LogP contribution in [0.2, 0.25) is 19.6 Å². The fourth-order valence-corrected chi connectivity index (χ4v) is 5.01. The SMILES string of the molecule is CCC(C)c1cc(-c2cccc(-c3ccccc3)c2)ncc1[Si](C)(C)C. The number of rotatable bonds is 5. The number of hydrogen-bond acceptors (Lipinski definition) is 1.